The van der Waals surface area contributed by atoms with Gasteiger partial charge in [-0.2, -0.15) is 0 Å². The Kier molecular flexibility index (Phi) is 12.3. The van der Waals surface area contributed by atoms with Crippen LogP contribution in [0.4, 0.5) is 0 Å². The molecule has 0 radical (unpaired) electrons. The van der Waals surface area contributed by atoms with Gasteiger partial charge in [0.05, 0.1) is 6.10 Å². The van der Waals surface area contributed by atoms with Gasteiger partial charge in [-0.15, -0.1) is 24.8 Å². The van der Waals surface area contributed by atoms with E-state index in [-0.39, 0.29) is 30.9 Å². The van der Waals surface area contributed by atoms with Crippen LogP contribution in [0.25, 0.3) is 0 Å². The normalized spacial score (nSPS) is 27.0. The van der Waals surface area contributed by atoms with E-state index < -0.39 is 0 Å². The maximum atomic E-state index is 12.7. The minimum absolute atomic E-state index is 0. The minimum Gasteiger partial charge on any atom is -0.392 e. The Hall–Kier alpha value is -0.0700. The molecule has 0 bridgehead atoms. The zero-order valence-corrected chi connectivity index (χ0v) is 17.6. The van der Waals surface area contributed by atoms with Gasteiger partial charge in [-0.1, -0.05) is 13.8 Å². The molecule has 2 N–H and O–H groups in total. The Morgan fingerprint density at radius 3 is 2.56 bits per heavy atom. The third-order valence-corrected chi connectivity index (χ3v) is 5.56. The quantitative estimate of drug-likeness (QED) is 0.720. The largest absolute Gasteiger partial charge is 0.392 e. The zero-order valence-electron chi connectivity index (χ0n) is 15.9. The van der Waals surface area contributed by atoms with Crippen LogP contribution in [0.3, 0.4) is 0 Å². The molecule has 2 fully saturated rings. The lowest BCUT2D eigenvalue weighted by atomic mass is 9.85. The molecular weight excluding hydrogens is 361 g/mol. The molecule has 2 rings (SSSR count). The molecule has 0 spiro atoms. The van der Waals surface area contributed by atoms with Gasteiger partial charge in [0.2, 0.25) is 5.91 Å². The molecule has 2 heterocycles. The van der Waals surface area contributed by atoms with Crippen molar-refractivity contribution >= 4 is 30.7 Å². The van der Waals surface area contributed by atoms with Gasteiger partial charge < -0.3 is 15.3 Å². The number of nitrogens with one attached hydrogen (secondary N) is 1. The topological polar surface area (TPSA) is 55.8 Å². The van der Waals surface area contributed by atoms with Crippen LogP contribution in [0.2, 0.25) is 0 Å². The van der Waals surface area contributed by atoms with E-state index in [2.05, 4.69) is 29.0 Å². The molecule has 1 amide bonds. The molecule has 150 valence electrons. The number of aliphatic hydroxyl groups excluding tert-OH is 1. The van der Waals surface area contributed by atoms with Crippen LogP contribution in [-0.4, -0.2) is 72.2 Å². The molecule has 2 saturated heterocycles. The van der Waals surface area contributed by atoms with Gasteiger partial charge in [-0.25, -0.2) is 0 Å². The van der Waals surface area contributed by atoms with Crippen molar-refractivity contribution in [3.05, 3.63) is 0 Å². The van der Waals surface area contributed by atoms with Gasteiger partial charge >= 0.3 is 0 Å². The van der Waals surface area contributed by atoms with Crippen molar-refractivity contribution in [1.82, 2.24) is 15.1 Å². The molecule has 0 aromatic carbocycles. The van der Waals surface area contributed by atoms with Gasteiger partial charge in [-0.3, -0.25) is 9.69 Å². The summed E-state index contributed by atoms with van der Waals surface area (Å²) in [6.07, 6.45) is 3.89. The van der Waals surface area contributed by atoms with Crippen LogP contribution in [0.15, 0.2) is 0 Å². The first-order chi connectivity index (χ1) is 11.0. The van der Waals surface area contributed by atoms with Crippen LogP contribution >= 0.6 is 24.8 Å². The lowest BCUT2D eigenvalue weighted by molar-refractivity contribution is -0.135. The number of piperazine rings is 1. The van der Waals surface area contributed by atoms with Crippen LogP contribution in [0.5, 0.6) is 0 Å². The second kappa shape index (κ2) is 12.3. The number of amides is 1. The highest BCUT2D eigenvalue weighted by atomic mass is 35.5. The number of rotatable bonds is 6. The van der Waals surface area contributed by atoms with E-state index in [9.17, 15) is 9.90 Å². The standard InChI is InChI=1S/C18H35N3O2.2ClH/c1-4-17-13-21(9-8-20(17)12-15(3)22)18(23)10-14(2)16-6-5-7-19-11-16;;/h14-17,19,22H,4-13H2,1-3H3;2*1H. The number of nitrogens with zero attached hydrogens (tertiary/aromatic N) is 2. The number of carbonyl (C=O) groups excluding carboxylic acids is 1. The van der Waals surface area contributed by atoms with Crippen molar-refractivity contribution in [3.8, 4) is 0 Å². The van der Waals surface area contributed by atoms with E-state index in [1.54, 1.807) is 0 Å². The number of aliphatic hydroxyl groups is 1. The minimum atomic E-state index is -0.301. The Bertz CT molecular complexity index is 379. The SMILES string of the molecule is CCC1CN(C(=O)CC(C)C2CCCNC2)CCN1CC(C)O.Cl.Cl. The zero-order chi connectivity index (χ0) is 16.8. The fraction of sp³-hybridized carbons (Fsp3) is 0.944. The molecule has 25 heavy (non-hydrogen) atoms. The fourth-order valence-corrected chi connectivity index (χ4v) is 4.02. The molecule has 2 aliphatic heterocycles. The van der Waals surface area contributed by atoms with Crippen molar-refractivity contribution in [3.63, 3.8) is 0 Å². The number of carbonyl (C=O) groups is 1. The molecule has 0 aromatic heterocycles. The first-order valence-electron chi connectivity index (χ1n) is 9.41. The molecule has 0 aromatic rings. The van der Waals surface area contributed by atoms with Crippen molar-refractivity contribution in [2.45, 2.75) is 58.6 Å². The molecule has 0 aliphatic carbocycles. The summed E-state index contributed by atoms with van der Waals surface area (Å²) in [5, 5.41) is 13.1. The highest BCUT2D eigenvalue weighted by Gasteiger charge is 2.30. The van der Waals surface area contributed by atoms with Gasteiger partial charge in [0.25, 0.3) is 0 Å². The first kappa shape index (κ1) is 24.9. The van der Waals surface area contributed by atoms with Gasteiger partial charge in [0.1, 0.15) is 0 Å². The fourth-order valence-electron chi connectivity index (χ4n) is 4.02. The average molecular weight is 398 g/mol. The van der Waals surface area contributed by atoms with Gasteiger partial charge in [-0.05, 0) is 51.1 Å². The van der Waals surface area contributed by atoms with Crippen molar-refractivity contribution in [1.29, 1.82) is 0 Å². The van der Waals surface area contributed by atoms with E-state index in [1.807, 2.05) is 6.92 Å². The van der Waals surface area contributed by atoms with Gasteiger partial charge in [0, 0.05) is 38.6 Å². The van der Waals surface area contributed by atoms with E-state index in [4.69, 9.17) is 0 Å². The first-order valence-corrected chi connectivity index (χ1v) is 9.41. The monoisotopic (exact) mass is 397 g/mol. The van der Waals surface area contributed by atoms with Crippen molar-refractivity contribution < 1.29 is 9.90 Å². The number of halogens is 2. The highest BCUT2D eigenvalue weighted by Crippen LogP contribution is 2.24. The Morgan fingerprint density at radius 1 is 1.28 bits per heavy atom. The summed E-state index contributed by atoms with van der Waals surface area (Å²) in [4.78, 5) is 17.1. The maximum Gasteiger partial charge on any atom is 0.222 e. The number of β-amino-alcohol motifs (C(OH)–C–C–N with tert-alkyl or cyclic N) is 1. The van der Waals surface area contributed by atoms with Crippen LogP contribution < -0.4 is 5.32 Å². The van der Waals surface area contributed by atoms with Gasteiger partial charge in [0.15, 0.2) is 0 Å². The van der Waals surface area contributed by atoms with Crippen LogP contribution in [-0.2, 0) is 4.79 Å². The van der Waals surface area contributed by atoms with E-state index in [0.717, 1.165) is 39.1 Å². The summed E-state index contributed by atoms with van der Waals surface area (Å²) in [6.45, 7) is 11.6. The summed E-state index contributed by atoms with van der Waals surface area (Å²) in [6, 6.07) is 0.383. The summed E-state index contributed by atoms with van der Waals surface area (Å²) in [7, 11) is 0. The van der Waals surface area contributed by atoms with Crippen LogP contribution in [0.1, 0.15) is 46.5 Å². The Balaban J connectivity index is 0.00000288. The van der Waals surface area contributed by atoms with Crippen molar-refractivity contribution in [2.75, 3.05) is 39.3 Å². The lowest BCUT2D eigenvalue weighted by Gasteiger charge is -2.42. The second-order valence-electron chi connectivity index (χ2n) is 7.53. The molecular formula is C18H37Cl2N3O2. The third-order valence-electron chi connectivity index (χ3n) is 5.56. The lowest BCUT2D eigenvalue weighted by Crippen LogP contribution is -2.56. The molecule has 0 saturated carbocycles. The summed E-state index contributed by atoms with van der Waals surface area (Å²) >= 11 is 0. The molecule has 7 heteroatoms. The summed E-state index contributed by atoms with van der Waals surface area (Å²) in [5.74, 6) is 1.43. The maximum absolute atomic E-state index is 12.7. The summed E-state index contributed by atoms with van der Waals surface area (Å²) < 4.78 is 0. The Labute approximate surface area is 165 Å². The molecule has 4 atom stereocenters. The van der Waals surface area contributed by atoms with Crippen molar-refractivity contribution in [2.24, 2.45) is 11.8 Å². The molecule has 4 unspecified atom stereocenters. The molecule has 2 aliphatic rings. The smallest absolute Gasteiger partial charge is 0.222 e. The average Bonchev–Trinajstić information content (AvgIpc) is 2.55. The summed E-state index contributed by atoms with van der Waals surface area (Å²) in [5.41, 5.74) is 0. The van der Waals surface area contributed by atoms with E-state index in [1.165, 1.54) is 12.8 Å². The number of hydrogen-bond donors (Lipinski definition) is 2. The number of hydrogen-bond acceptors (Lipinski definition) is 4. The Morgan fingerprint density at radius 2 is 2.00 bits per heavy atom. The predicted molar refractivity (Wildman–Crippen MR) is 108 cm³/mol. The van der Waals surface area contributed by atoms with E-state index in [0.29, 0.717) is 36.8 Å². The highest BCUT2D eigenvalue weighted by molar-refractivity contribution is 5.85. The van der Waals surface area contributed by atoms with Crippen LogP contribution in [0, 0.1) is 11.8 Å². The van der Waals surface area contributed by atoms with E-state index >= 15 is 0 Å². The third kappa shape index (κ3) is 7.59. The predicted octanol–water partition coefficient (Wildman–Crippen LogP) is 2.16. The number of piperidine rings is 1. The molecule has 5 nitrogen and oxygen atoms in total. The second-order valence-corrected chi connectivity index (χ2v) is 7.53.